The number of ether oxygens (including phenoxy) is 1. The van der Waals surface area contributed by atoms with Crippen LogP contribution in [0, 0.1) is 23.5 Å². The topological polar surface area (TPSA) is 50.4 Å². The molecule has 9 heteroatoms. The van der Waals surface area contributed by atoms with Crippen molar-refractivity contribution in [2.75, 3.05) is 13.2 Å². The molecule has 0 bridgehead atoms. The van der Waals surface area contributed by atoms with Gasteiger partial charge in [-0.2, -0.15) is 13.2 Å². The largest absolute Gasteiger partial charge is 0.419 e. The lowest BCUT2D eigenvalue weighted by Crippen LogP contribution is -2.48. The highest BCUT2D eigenvalue weighted by atomic mass is 19.4. The molecule has 0 spiro atoms. The summed E-state index contributed by atoms with van der Waals surface area (Å²) in [6, 6.07) is -0.347. The number of hydrogen-bond donors (Lipinski definition) is 2. The van der Waals surface area contributed by atoms with E-state index in [0.29, 0.717) is 24.4 Å². The third-order valence-electron chi connectivity index (χ3n) is 5.35. The number of hydrogen-bond acceptors (Lipinski definition) is 3. The van der Waals surface area contributed by atoms with Crippen LogP contribution < -0.4 is 10.6 Å². The Labute approximate surface area is 146 Å². The molecule has 1 amide bonds. The van der Waals surface area contributed by atoms with Gasteiger partial charge in [0, 0.05) is 17.5 Å². The Hall–Kier alpha value is -1.74. The number of piperidine rings is 1. The Balaban J connectivity index is 1.58. The molecule has 4 rings (SSSR count). The number of halogens is 5. The van der Waals surface area contributed by atoms with Crippen molar-refractivity contribution in [3.05, 3.63) is 34.9 Å². The molecule has 1 saturated carbocycles. The van der Waals surface area contributed by atoms with Crippen molar-refractivity contribution in [2.45, 2.75) is 37.1 Å². The number of alkyl halides is 3. The van der Waals surface area contributed by atoms with E-state index in [0.717, 1.165) is 6.42 Å². The Morgan fingerprint density at radius 2 is 1.92 bits per heavy atom. The minimum atomic E-state index is -4.99. The molecule has 4 nitrogen and oxygen atoms in total. The van der Waals surface area contributed by atoms with Gasteiger partial charge in [0.05, 0.1) is 30.9 Å². The van der Waals surface area contributed by atoms with Crippen LogP contribution in [0.1, 0.15) is 30.0 Å². The number of amides is 1. The molecule has 0 aromatic heterocycles. The average Bonchev–Trinajstić information content (AvgIpc) is 3.11. The van der Waals surface area contributed by atoms with E-state index < -0.39 is 35.5 Å². The molecular weight excluding hydrogens is 359 g/mol. The van der Waals surface area contributed by atoms with Crippen LogP contribution in [0.5, 0.6) is 0 Å². The lowest BCUT2D eigenvalue weighted by atomic mass is 9.90. The molecule has 2 saturated heterocycles. The van der Waals surface area contributed by atoms with Crippen molar-refractivity contribution in [1.82, 2.24) is 10.6 Å². The van der Waals surface area contributed by atoms with Gasteiger partial charge in [-0.1, -0.05) is 0 Å². The van der Waals surface area contributed by atoms with E-state index in [-0.39, 0.29) is 36.7 Å². The Bertz CT molecular complexity index is 725. The van der Waals surface area contributed by atoms with Gasteiger partial charge in [0.15, 0.2) is 0 Å². The van der Waals surface area contributed by atoms with Crippen molar-refractivity contribution < 1.29 is 31.5 Å². The van der Waals surface area contributed by atoms with Gasteiger partial charge in [0.2, 0.25) is 5.91 Å². The first-order valence-electron chi connectivity index (χ1n) is 8.44. The molecular formula is C17H17F5N2O2. The van der Waals surface area contributed by atoms with Crippen molar-refractivity contribution >= 4 is 5.91 Å². The van der Waals surface area contributed by atoms with Crippen LogP contribution in [0.3, 0.4) is 0 Å². The summed E-state index contributed by atoms with van der Waals surface area (Å²) in [4.78, 5) is 12.5. The molecule has 2 aliphatic heterocycles. The maximum absolute atomic E-state index is 14.4. The Morgan fingerprint density at radius 3 is 2.46 bits per heavy atom. The zero-order valence-electron chi connectivity index (χ0n) is 13.6. The fourth-order valence-corrected chi connectivity index (χ4v) is 3.69. The molecule has 1 aromatic rings. The summed E-state index contributed by atoms with van der Waals surface area (Å²) >= 11 is 0. The van der Waals surface area contributed by atoms with Gasteiger partial charge in [-0.25, -0.2) is 8.78 Å². The smallest absolute Gasteiger partial charge is 0.381 e. The third-order valence-corrected chi connectivity index (χ3v) is 5.35. The van der Waals surface area contributed by atoms with Crippen LogP contribution in [0.4, 0.5) is 22.0 Å². The molecule has 142 valence electrons. The minimum absolute atomic E-state index is 0.145. The zero-order chi connectivity index (χ0) is 18.6. The quantitative estimate of drug-likeness (QED) is 0.795. The molecule has 2 N–H and O–H groups in total. The van der Waals surface area contributed by atoms with Crippen molar-refractivity contribution in [3.63, 3.8) is 0 Å². The van der Waals surface area contributed by atoms with E-state index in [2.05, 4.69) is 10.6 Å². The second-order valence-electron chi connectivity index (χ2n) is 7.19. The lowest BCUT2D eigenvalue weighted by molar-refractivity contribution is -0.140. The Kier molecular flexibility index (Phi) is 4.18. The van der Waals surface area contributed by atoms with Crippen LogP contribution in [0.25, 0.3) is 0 Å². The molecule has 26 heavy (non-hydrogen) atoms. The van der Waals surface area contributed by atoms with E-state index >= 15 is 0 Å². The monoisotopic (exact) mass is 376 g/mol. The van der Waals surface area contributed by atoms with Crippen LogP contribution in [0.15, 0.2) is 12.1 Å². The fourth-order valence-electron chi connectivity index (χ4n) is 3.69. The second kappa shape index (κ2) is 6.16. The normalized spacial score (nSPS) is 29.0. The summed E-state index contributed by atoms with van der Waals surface area (Å²) in [5, 5.41) is 5.83. The number of carbonyl (C=O) groups excluding carboxylic acids is 1. The van der Waals surface area contributed by atoms with Crippen molar-refractivity contribution in [1.29, 1.82) is 0 Å². The van der Waals surface area contributed by atoms with Gasteiger partial charge in [-0.15, -0.1) is 0 Å². The van der Waals surface area contributed by atoms with Gasteiger partial charge in [0.25, 0.3) is 0 Å². The first-order chi connectivity index (χ1) is 12.2. The first kappa shape index (κ1) is 17.7. The first-order valence-corrected chi connectivity index (χ1v) is 8.44. The maximum atomic E-state index is 14.4. The summed E-state index contributed by atoms with van der Waals surface area (Å²) in [7, 11) is 0. The molecule has 2 heterocycles. The van der Waals surface area contributed by atoms with Crippen LogP contribution in [0.2, 0.25) is 0 Å². The highest BCUT2D eigenvalue weighted by Crippen LogP contribution is 2.41. The van der Waals surface area contributed by atoms with Gasteiger partial charge in [0.1, 0.15) is 11.6 Å². The summed E-state index contributed by atoms with van der Waals surface area (Å²) in [6.07, 6.45) is -3.28. The number of nitrogens with one attached hydrogen (secondary N) is 2. The molecule has 1 aliphatic carbocycles. The average molecular weight is 376 g/mol. The van der Waals surface area contributed by atoms with Gasteiger partial charge < -0.3 is 15.4 Å². The van der Waals surface area contributed by atoms with Crippen molar-refractivity contribution in [3.8, 4) is 0 Å². The maximum Gasteiger partial charge on any atom is 0.419 e. The molecule has 1 unspecified atom stereocenters. The van der Waals surface area contributed by atoms with E-state index in [9.17, 15) is 26.7 Å². The fraction of sp³-hybridized carbons (Fsp3) is 0.588. The summed E-state index contributed by atoms with van der Waals surface area (Å²) in [5.41, 5.74) is -1.95. The zero-order valence-corrected chi connectivity index (χ0v) is 13.6. The number of rotatable bonds is 4. The second-order valence-corrected chi connectivity index (χ2v) is 7.19. The summed E-state index contributed by atoms with van der Waals surface area (Å²) in [5.74, 6) is -2.96. The standard InChI is InChI=1S/C17H17F5N2O2/c18-11-4-10(17(20,21)22)12(19)3-9(11)15(8-5-26-6-8)24-16(25)14-2-7-1-13(7)23-14/h3-4,7-8,13-15,23H,1-2,5-6H2,(H,24,25)/t7-,13-,14?,15-/m1/s1. The van der Waals surface area contributed by atoms with Crippen molar-refractivity contribution in [2.24, 2.45) is 11.8 Å². The highest BCUT2D eigenvalue weighted by molar-refractivity contribution is 5.83. The SMILES string of the molecule is O=C(N[C@@H](c1cc(F)c(C(F)(F)F)cc1F)C1COC1)C1C[C@H]2C[C@H]2N1. The Morgan fingerprint density at radius 1 is 1.19 bits per heavy atom. The van der Waals surface area contributed by atoms with Crippen LogP contribution in [-0.2, 0) is 15.7 Å². The molecule has 1 aromatic carbocycles. The van der Waals surface area contributed by atoms with E-state index in [1.165, 1.54) is 0 Å². The molecule has 4 atom stereocenters. The van der Waals surface area contributed by atoms with E-state index in [1.54, 1.807) is 0 Å². The molecule has 3 fully saturated rings. The summed E-state index contributed by atoms with van der Waals surface area (Å²) < 4.78 is 71.6. The van der Waals surface area contributed by atoms with Crippen LogP contribution in [-0.4, -0.2) is 31.2 Å². The summed E-state index contributed by atoms with van der Waals surface area (Å²) in [6.45, 7) is 0.437. The highest BCUT2D eigenvalue weighted by Gasteiger charge is 2.48. The van der Waals surface area contributed by atoms with Gasteiger partial charge in [-0.3, -0.25) is 4.79 Å². The number of fused-ring (bicyclic) bond motifs is 1. The third kappa shape index (κ3) is 3.18. The van der Waals surface area contributed by atoms with Gasteiger partial charge >= 0.3 is 6.18 Å². The molecule has 3 aliphatic rings. The number of carbonyl (C=O) groups is 1. The lowest BCUT2D eigenvalue weighted by Gasteiger charge is -2.35. The minimum Gasteiger partial charge on any atom is -0.381 e. The van der Waals surface area contributed by atoms with Crippen LogP contribution >= 0.6 is 0 Å². The predicted octanol–water partition coefficient (Wildman–Crippen LogP) is 2.54. The van der Waals surface area contributed by atoms with Gasteiger partial charge in [-0.05, 0) is 30.9 Å². The predicted molar refractivity (Wildman–Crippen MR) is 80.0 cm³/mol. The van der Waals surface area contributed by atoms with E-state index in [1.807, 2.05) is 0 Å². The molecule has 0 radical (unpaired) electrons. The number of benzene rings is 1. The van der Waals surface area contributed by atoms with E-state index in [4.69, 9.17) is 4.74 Å².